The first-order valence-corrected chi connectivity index (χ1v) is 8.52. The summed E-state index contributed by atoms with van der Waals surface area (Å²) >= 11 is 1.18. The molecule has 25 heavy (non-hydrogen) atoms. The average molecular weight is 361 g/mol. The van der Waals surface area contributed by atoms with E-state index in [0.717, 1.165) is 0 Å². The summed E-state index contributed by atoms with van der Waals surface area (Å²) in [6.45, 7) is 2.39. The molecule has 0 fully saturated rings. The number of aromatic nitrogens is 2. The van der Waals surface area contributed by atoms with E-state index in [2.05, 4.69) is 15.3 Å². The lowest BCUT2D eigenvalue weighted by Crippen LogP contribution is -2.25. The number of hydrogen-bond acceptors (Lipinski definition) is 5. The number of carbonyl (C=O) groups excluding carboxylic acids is 1. The van der Waals surface area contributed by atoms with Gasteiger partial charge >= 0.3 is 0 Å². The monoisotopic (exact) mass is 361 g/mol. The molecule has 3 rings (SSSR count). The molecule has 0 saturated heterocycles. The van der Waals surface area contributed by atoms with Crippen LogP contribution in [0.1, 0.15) is 21.7 Å². The first-order chi connectivity index (χ1) is 12.1. The molecule has 0 bridgehead atoms. The van der Waals surface area contributed by atoms with Crippen LogP contribution in [0.25, 0.3) is 10.2 Å². The van der Waals surface area contributed by atoms with Gasteiger partial charge in [-0.2, -0.15) is 0 Å². The number of halogens is 1. The van der Waals surface area contributed by atoms with E-state index in [4.69, 9.17) is 4.74 Å². The Hall–Kier alpha value is -2.74. The number of H-pyrrole nitrogens is 1. The quantitative estimate of drug-likeness (QED) is 0.661. The molecule has 2 N–H and O–H groups in total. The number of amides is 1. The van der Waals surface area contributed by atoms with Crippen LogP contribution < -0.4 is 15.6 Å². The third-order valence-corrected chi connectivity index (χ3v) is 4.84. The second-order valence-corrected chi connectivity index (χ2v) is 6.36. The summed E-state index contributed by atoms with van der Waals surface area (Å²) in [5, 5.41) is 3.22. The molecular weight excluding hydrogens is 345 g/mol. The van der Waals surface area contributed by atoms with Crippen LogP contribution in [0.4, 0.5) is 4.39 Å². The average Bonchev–Trinajstić information content (AvgIpc) is 2.94. The highest BCUT2D eigenvalue weighted by molar-refractivity contribution is 7.20. The van der Waals surface area contributed by atoms with Crippen molar-refractivity contribution in [3.8, 4) is 5.75 Å². The summed E-state index contributed by atoms with van der Waals surface area (Å²) in [5.41, 5.74) is 0.366. The van der Waals surface area contributed by atoms with Gasteiger partial charge in [0.25, 0.3) is 11.5 Å². The highest BCUT2D eigenvalue weighted by atomic mass is 32.1. The van der Waals surface area contributed by atoms with Crippen molar-refractivity contribution in [1.82, 2.24) is 15.3 Å². The minimum Gasteiger partial charge on any atom is -0.490 e. The molecule has 0 unspecified atom stereocenters. The number of ether oxygens (including phenoxy) is 1. The lowest BCUT2D eigenvalue weighted by Gasteiger charge is -2.07. The van der Waals surface area contributed by atoms with E-state index >= 15 is 0 Å². The number of carbonyl (C=O) groups is 1. The van der Waals surface area contributed by atoms with E-state index in [0.29, 0.717) is 33.6 Å². The van der Waals surface area contributed by atoms with Crippen LogP contribution in [-0.4, -0.2) is 29.0 Å². The molecule has 130 valence electrons. The van der Waals surface area contributed by atoms with Gasteiger partial charge in [-0.15, -0.1) is 11.3 Å². The molecule has 0 aliphatic rings. The second kappa shape index (κ2) is 7.43. The van der Waals surface area contributed by atoms with Crippen LogP contribution in [0.15, 0.2) is 35.4 Å². The SMILES string of the molecule is Cc1c(C(=O)NCCCOc2ccccc2F)sc2nc[nH]c(=O)c12. The van der Waals surface area contributed by atoms with Crippen molar-refractivity contribution < 1.29 is 13.9 Å². The molecule has 0 saturated carbocycles. The molecule has 6 nitrogen and oxygen atoms in total. The number of thiophene rings is 1. The number of hydrogen-bond donors (Lipinski definition) is 2. The van der Waals surface area contributed by atoms with Gasteiger partial charge in [0.1, 0.15) is 4.83 Å². The fourth-order valence-electron chi connectivity index (χ4n) is 2.39. The fraction of sp³-hybridized carbons (Fsp3) is 0.235. The molecule has 2 aromatic heterocycles. The molecule has 0 atom stereocenters. The van der Waals surface area contributed by atoms with Gasteiger partial charge in [-0.05, 0) is 31.0 Å². The number of nitrogens with zero attached hydrogens (tertiary/aromatic N) is 1. The maximum absolute atomic E-state index is 13.4. The maximum atomic E-state index is 13.4. The van der Waals surface area contributed by atoms with Crippen LogP contribution in [0, 0.1) is 12.7 Å². The predicted molar refractivity (Wildman–Crippen MR) is 93.8 cm³/mol. The van der Waals surface area contributed by atoms with Crippen LogP contribution in [-0.2, 0) is 0 Å². The summed E-state index contributed by atoms with van der Waals surface area (Å²) < 4.78 is 18.7. The van der Waals surface area contributed by atoms with Crippen molar-refractivity contribution in [2.75, 3.05) is 13.2 Å². The number of benzene rings is 1. The van der Waals surface area contributed by atoms with Crippen LogP contribution in [0.2, 0.25) is 0 Å². The van der Waals surface area contributed by atoms with E-state index in [1.165, 1.54) is 23.7 Å². The molecule has 8 heteroatoms. The van der Waals surface area contributed by atoms with Crippen LogP contribution in [0.5, 0.6) is 5.75 Å². The first kappa shape index (κ1) is 17.1. The number of para-hydroxylation sites is 1. The maximum Gasteiger partial charge on any atom is 0.261 e. The van der Waals surface area contributed by atoms with Crippen LogP contribution in [0.3, 0.4) is 0 Å². The van der Waals surface area contributed by atoms with Crippen molar-refractivity contribution in [3.63, 3.8) is 0 Å². The normalized spacial score (nSPS) is 10.8. The molecule has 0 aliphatic carbocycles. The number of nitrogens with one attached hydrogen (secondary N) is 2. The topological polar surface area (TPSA) is 84.1 Å². The Labute approximate surface area is 146 Å². The number of aromatic amines is 1. The number of fused-ring (bicyclic) bond motifs is 1. The van der Waals surface area contributed by atoms with Gasteiger partial charge in [0, 0.05) is 6.54 Å². The molecular formula is C17H16FN3O3S. The molecule has 0 radical (unpaired) electrons. The Morgan fingerprint density at radius 2 is 2.20 bits per heavy atom. The standard InChI is InChI=1S/C17H16FN3O3S/c1-10-13-15(22)20-9-21-17(13)25-14(10)16(23)19-7-4-8-24-12-6-3-2-5-11(12)18/h2-3,5-6,9H,4,7-8H2,1H3,(H,19,23)(H,20,21,22). The minimum absolute atomic E-state index is 0.194. The molecule has 1 aromatic carbocycles. The van der Waals surface area contributed by atoms with Gasteiger partial charge in [-0.25, -0.2) is 9.37 Å². The fourth-order valence-corrected chi connectivity index (χ4v) is 3.46. The van der Waals surface area contributed by atoms with E-state index in [-0.39, 0.29) is 23.8 Å². The lowest BCUT2D eigenvalue weighted by atomic mass is 10.2. The zero-order valence-corrected chi connectivity index (χ0v) is 14.3. The Kier molecular flexibility index (Phi) is 5.08. The van der Waals surface area contributed by atoms with Gasteiger partial charge in [-0.1, -0.05) is 12.1 Å². The zero-order valence-electron chi connectivity index (χ0n) is 13.5. The zero-order chi connectivity index (χ0) is 17.8. The van der Waals surface area contributed by atoms with Gasteiger partial charge in [0.05, 0.1) is 23.2 Å². The van der Waals surface area contributed by atoms with E-state index < -0.39 is 5.82 Å². The largest absolute Gasteiger partial charge is 0.490 e. The lowest BCUT2D eigenvalue weighted by molar-refractivity contribution is 0.0955. The van der Waals surface area contributed by atoms with Crippen molar-refractivity contribution in [2.24, 2.45) is 0 Å². The number of rotatable bonds is 6. The molecule has 2 heterocycles. The smallest absolute Gasteiger partial charge is 0.261 e. The Bertz CT molecular complexity index is 967. The van der Waals surface area contributed by atoms with E-state index in [1.807, 2.05) is 0 Å². The molecule has 1 amide bonds. The summed E-state index contributed by atoms with van der Waals surface area (Å²) in [7, 11) is 0. The summed E-state index contributed by atoms with van der Waals surface area (Å²) in [6, 6.07) is 6.17. The molecule has 0 aliphatic heterocycles. The summed E-state index contributed by atoms with van der Waals surface area (Å²) in [5.74, 6) is -0.476. The summed E-state index contributed by atoms with van der Waals surface area (Å²) in [4.78, 5) is 31.7. The van der Waals surface area contributed by atoms with Crippen molar-refractivity contribution in [1.29, 1.82) is 0 Å². The van der Waals surface area contributed by atoms with Crippen molar-refractivity contribution >= 4 is 27.5 Å². The Morgan fingerprint density at radius 3 is 2.96 bits per heavy atom. The predicted octanol–water partition coefficient (Wildman–Crippen LogP) is 2.63. The van der Waals surface area contributed by atoms with Gasteiger partial charge in [0.15, 0.2) is 11.6 Å². The van der Waals surface area contributed by atoms with Crippen molar-refractivity contribution in [2.45, 2.75) is 13.3 Å². The minimum atomic E-state index is -0.412. The second-order valence-electron chi connectivity index (χ2n) is 5.36. The third-order valence-electron chi connectivity index (χ3n) is 3.64. The molecule has 3 aromatic rings. The van der Waals surface area contributed by atoms with Crippen LogP contribution >= 0.6 is 11.3 Å². The van der Waals surface area contributed by atoms with Crippen molar-refractivity contribution in [3.05, 3.63) is 57.2 Å². The highest BCUT2D eigenvalue weighted by Crippen LogP contribution is 2.26. The highest BCUT2D eigenvalue weighted by Gasteiger charge is 2.17. The summed E-state index contributed by atoms with van der Waals surface area (Å²) in [6.07, 6.45) is 1.85. The van der Waals surface area contributed by atoms with Gasteiger partial charge in [0.2, 0.25) is 0 Å². The van der Waals surface area contributed by atoms with E-state index in [9.17, 15) is 14.0 Å². The van der Waals surface area contributed by atoms with E-state index in [1.54, 1.807) is 25.1 Å². The first-order valence-electron chi connectivity index (χ1n) is 7.70. The Balaban J connectivity index is 1.55. The van der Waals surface area contributed by atoms with Gasteiger partial charge < -0.3 is 15.0 Å². The molecule has 0 spiro atoms. The Morgan fingerprint density at radius 1 is 1.40 bits per heavy atom. The third kappa shape index (κ3) is 3.69. The van der Waals surface area contributed by atoms with Gasteiger partial charge in [-0.3, -0.25) is 9.59 Å². The number of aryl methyl sites for hydroxylation is 1.